The summed E-state index contributed by atoms with van der Waals surface area (Å²) < 4.78 is 21.2. The Bertz CT molecular complexity index is 1660. The van der Waals surface area contributed by atoms with Crippen LogP contribution in [-0.4, -0.2) is 40.1 Å². The molecule has 1 aromatic heterocycles. The molecule has 0 fully saturated rings. The second-order valence-electron chi connectivity index (χ2n) is 9.49. The normalized spacial score (nSPS) is 14.1. The Morgan fingerprint density at radius 1 is 1.07 bits per heavy atom. The number of fused-ring (bicyclic) bond motifs is 1. The first kappa shape index (κ1) is 31.0. The van der Waals surface area contributed by atoms with Gasteiger partial charge in [0.05, 0.1) is 29.4 Å². The molecule has 224 valence electrons. The van der Waals surface area contributed by atoms with Gasteiger partial charge >= 0.3 is 0 Å². The highest BCUT2D eigenvalue weighted by atomic mass is 79.9. The highest BCUT2D eigenvalue weighted by Crippen LogP contribution is 2.43. The Labute approximate surface area is 271 Å². The lowest BCUT2D eigenvalue weighted by molar-refractivity contribution is -0.113. The number of hydrogen-bond acceptors (Lipinski definition) is 8. The minimum atomic E-state index is -0.611. The maximum absolute atomic E-state index is 14.0. The van der Waals surface area contributed by atoms with Crippen LogP contribution >= 0.6 is 43.6 Å². The Morgan fingerprint density at radius 3 is 2.56 bits per heavy atom. The molecule has 2 N–H and O–H groups in total. The Kier molecular flexibility index (Phi) is 9.99. The van der Waals surface area contributed by atoms with Gasteiger partial charge in [-0.2, -0.15) is 4.98 Å². The summed E-state index contributed by atoms with van der Waals surface area (Å²) >= 11 is 8.70. The molecule has 3 aromatic carbocycles. The van der Waals surface area contributed by atoms with Gasteiger partial charge in [-0.25, -0.2) is 4.68 Å². The number of hydrogen-bond donors (Lipinski definition) is 2. The van der Waals surface area contributed by atoms with Crippen LogP contribution < -0.4 is 24.8 Å². The number of carbonyl (C=O) groups is 1. The molecule has 1 atom stereocenters. The van der Waals surface area contributed by atoms with Crippen LogP contribution in [0.2, 0.25) is 0 Å². The molecule has 2 heterocycles. The van der Waals surface area contributed by atoms with Gasteiger partial charge < -0.3 is 24.8 Å². The van der Waals surface area contributed by atoms with Crippen molar-refractivity contribution in [1.29, 1.82) is 0 Å². The van der Waals surface area contributed by atoms with Crippen LogP contribution in [0.5, 0.6) is 17.2 Å². The van der Waals surface area contributed by atoms with E-state index in [1.807, 2.05) is 81.4 Å². The van der Waals surface area contributed by atoms with E-state index in [0.717, 1.165) is 21.4 Å². The van der Waals surface area contributed by atoms with Gasteiger partial charge in [-0.05, 0) is 83.1 Å². The lowest BCUT2D eigenvalue weighted by atomic mass is 9.94. The van der Waals surface area contributed by atoms with Crippen molar-refractivity contribution in [3.8, 4) is 17.2 Å². The maximum atomic E-state index is 14.0. The number of nitrogens with zero attached hydrogens (tertiary/aromatic N) is 3. The van der Waals surface area contributed by atoms with E-state index in [9.17, 15) is 4.79 Å². The molecule has 0 spiro atoms. The lowest BCUT2D eigenvalue weighted by Gasteiger charge is -2.29. The molecule has 0 radical (unpaired) electrons. The van der Waals surface area contributed by atoms with E-state index in [2.05, 4.69) is 47.5 Å². The van der Waals surface area contributed by atoms with Gasteiger partial charge in [0.2, 0.25) is 11.1 Å². The van der Waals surface area contributed by atoms with Gasteiger partial charge in [0.25, 0.3) is 5.91 Å². The van der Waals surface area contributed by atoms with Crippen molar-refractivity contribution in [2.24, 2.45) is 0 Å². The van der Waals surface area contributed by atoms with E-state index in [4.69, 9.17) is 19.3 Å². The summed E-state index contributed by atoms with van der Waals surface area (Å²) in [5, 5.41) is 11.7. The van der Waals surface area contributed by atoms with Crippen molar-refractivity contribution in [3.63, 3.8) is 0 Å². The molecule has 0 aliphatic carbocycles. The predicted molar refractivity (Wildman–Crippen MR) is 176 cm³/mol. The average molecular weight is 729 g/mol. The summed E-state index contributed by atoms with van der Waals surface area (Å²) in [6, 6.07) is 18.5. The molecule has 5 rings (SSSR count). The molecular weight excluding hydrogens is 698 g/mol. The first-order valence-electron chi connectivity index (χ1n) is 13.7. The largest absolute Gasteiger partial charge is 0.493 e. The Hall–Kier alpha value is -3.48. The van der Waals surface area contributed by atoms with Crippen molar-refractivity contribution < 1.29 is 19.0 Å². The number of anilines is 2. The summed E-state index contributed by atoms with van der Waals surface area (Å²) in [5.74, 6) is 2.74. The van der Waals surface area contributed by atoms with E-state index in [1.165, 1.54) is 11.8 Å². The Morgan fingerprint density at radius 2 is 1.84 bits per heavy atom. The minimum Gasteiger partial charge on any atom is -0.493 e. The monoisotopic (exact) mass is 727 g/mol. The molecule has 12 heteroatoms. The van der Waals surface area contributed by atoms with Gasteiger partial charge in [0.15, 0.2) is 11.5 Å². The smallest absolute Gasteiger partial charge is 0.255 e. The van der Waals surface area contributed by atoms with Gasteiger partial charge in [0.1, 0.15) is 18.4 Å². The summed E-state index contributed by atoms with van der Waals surface area (Å²) in [6.07, 6.45) is 0. The zero-order valence-corrected chi connectivity index (χ0v) is 28.1. The zero-order chi connectivity index (χ0) is 30.5. The number of nitrogens with one attached hydrogen (secondary N) is 2. The molecule has 0 saturated carbocycles. The standard InChI is InChI=1S/C31H31Br2N5O4S/c1-5-41-24-10-8-7-9-23(24)35-29(39)26-18(3)34-30-36-31(43-6-2)37-38(30)27(26)20-15-22(33)28(25(16-20)40-4)42-17-19-11-13-21(32)14-12-19/h7-16,27H,5-6,17H2,1-4H3,(H,35,39)(H,34,36,37). The Balaban J connectivity index is 1.55. The van der Waals surface area contributed by atoms with Gasteiger partial charge in [0, 0.05) is 10.2 Å². The highest BCUT2D eigenvalue weighted by Gasteiger charge is 2.35. The van der Waals surface area contributed by atoms with E-state index in [0.29, 0.717) is 63.0 Å². The number of thioether (sulfide) groups is 1. The molecule has 4 aromatic rings. The van der Waals surface area contributed by atoms with Crippen LogP contribution in [0.15, 0.2) is 86.0 Å². The second-order valence-corrected chi connectivity index (χ2v) is 12.5. The van der Waals surface area contributed by atoms with E-state index >= 15 is 0 Å². The van der Waals surface area contributed by atoms with Crippen LogP contribution in [0.4, 0.5) is 11.6 Å². The van der Waals surface area contributed by atoms with Crippen molar-refractivity contribution in [1.82, 2.24) is 14.8 Å². The molecule has 0 bridgehead atoms. The van der Waals surface area contributed by atoms with Crippen LogP contribution in [0.25, 0.3) is 0 Å². The fourth-order valence-corrected chi connectivity index (χ4v) is 6.13. The van der Waals surface area contributed by atoms with E-state index in [-0.39, 0.29) is 5.91 Å². The predicted octanol–water partition coefficient (Wildman–Crippen LogP) is 7.83. The number of carbonyl (C=O) groups excluding carboxylic acids is 1. The molecule has 1 aliphatic rings. The minimum absolute atomic E-state index is 0.293. The quantitative estimate of drug-likeness (QED) is 0.151. The summed E-state index contributed by atoms with van der Waals surface area (Å²) in [7, 11) is 1.59. The molecule has 1 unspecified atom stereocenters. The number of halogens is 2. The number of methoxy groups -OCH3 is 1. The maximum Gasteiger partial charge on any atom is 0.255 e. The molecule has 9 nitrogen and oxygen atoms in total. The summed E-state index contributed by atoms with van der Waals surface area (Å²) in [4.78, 5) is 18.7. The van der Waals surface area contributed by atoms with Gasteiger partial charge in [-0.15, -0.1) is 5.10 Å². The number of benzene rings is 3. The van der Waals surface area contributed by atoms with Gasteiger partial charge in [-0.1, -0.05) is 58.9 Å². The van der Waals surface area contributed by atoms with Crippen LogP contribution in [0.3, 0.4) is 0 Å². The van der Waals surface area contributed by atoms with Crippen LogP contribution in [-0.2, 0) is 11.4 Å². The molecule has 1 aliphatic heterocycles. The van der Waals surface area contributed by atoms with Crippen LogP contribution in [0.1, 0.15) is 37.9 Å². The second kappa shape index (κ2) is 13.9. The van der Waals surface area contributed by atoms with E-state index < -0.39 is 6.04 Å². The number of aromatic nitrogens is 3. The third-order valence-corrected chi connectivity index (χ3v) is 8.49. The topological polar surface area (TPSA) is 99.5 Å². The molecular formula is C31H31Br2N5O4S. The molecule has 43 heavy (non-hydrogen) atoms. The first-order chi connectivity index (χ1) is 20.8. The van der Waals surface area contributed by atoms with Crippen LogP contribution in [0, 0.1) is 0 Å². The number of rotatable bonds is 11. The molecule has 0 saturated heterocycles. The third kappa shape index (κ3) is 6.86. The fraction of sp³-hybridized carbons (Fsp3) is 0.258. The van der Waals surface area contributed by atoms with Crippen molar-refractivity contribution in [2.45, 2.75) is 38.6 Å². The fourth-order valence-electron chi connectivity index (χ4n) is 4.74. The van der Waals surface area contributed by atoms with Gasteiger partial charge in [-0.3, -0.25) is 4.79 Å². The highest BCUT2D eigenvalue weighted by molar-refractivity contribution is 9.10. The van der Waals surface area contributed by atoms with Crippen molar-refractivity contribution >= 4 is 61.2 Å². The number of para-hydroxylation sites is 2. The van der Waals surface area contributed by atoms with Crippen molar-refractivity contribution in [2.75, 3.05) is 30.1 Å². The summed E-state index contributed by atoms with van der Waals surface area (Å²) in [5.41, 5.74) is 3.50. The number of amides is 1. The number of allylic oxidation sites excluding steroid dienone is 1. The summed E-state index contributed by atoms with van der Waals surface area (Å²) in [6.45, 7) is 6.64. The number of ether oxygens (including phenoxy) is 3. The first-order valence-corrected chi connectivity index (χ1v) is 16.2. The van der Waals surface area contributed by atoms with E-state index in [1.54, 1.807) is 11.8 Å². The third-order valence-electron chi connectivity index (χ3n) is 6.65. The average Bonchev–Trinajstić information content (AvgIpc) is 3.39. The SMILES string of the molecule is CCOc1ccccc1NC(=O)C1=C(C)Nc2nc(SCC)nn2C1c1cc(Br)c(OCc2ccc(Br)cc2)c(OC)c1. The zero-order valence-electron chi connectivity index (χ0n) is 24.1. The van der Waals surface area contributed by atoms with Crippen molar-refractivity contribution in [3.05, 3.63) is 92.0 Å². The molecule has 1 amide bonds. The lowest BCUT2D eigenvalue weighted by Crippen LogP contribution is -2.31.